The number of carbonyl (C=O) groups is 1. The summed E-state index contributed by atoms with van der Waals surface area (Å²) in [6, 6.07) is -0.707. The molecule has 45 heavy (non-hydrogen) atoms. The molecule has 7 atom stereocenters. The first-order chi connectivity index (χ1) is 21.8. The molecule has 9 nitrogen and oxygen atoms in total. The van der Waals surface area contributed by atoms with Crippen LogP contribution in [0.1, 0.15) is 168 Å². The zero-order valence-electron chi connectivity index (χ0n) is 28.9. The van der Waals surface area contributed by atoms with Crippen LogP contribution in [0.4, 0.5) is 0 Å². The molecule has 1 rings (SSSR count). The van der Waals surface area contributed by atoms with E-state index in [1.54, 1.807) is 0 Å². The van der Waals surface area contributed by atoms with E-state index in [-0.39, 0.29) is 12.5 Å². The first-order valence-electron chi connectivity index (χ1n) is 18.7. The zero-order valence-corrected chi connectivity index (χ0v) is 28.9. The number of aliphatic hydroxyl groups is 5. The topological polar surface area (TPSA) is 149 Å². The lowest BCUT2D eigenvalue weighted by atomic mass is 9.99. The molecule has 1 aliphatic rings. The van der Waals surface area contributed by atoms with Crippen LogP contribution in [0, 0.1) is 0 Å². The third kappa shape index (κ3) is 20.2. The molecule has 1 aliphatic heterocycles. The van der Waals surface area contributed by atoms with Gasteiger partial charge in [-0.2, -0.15) is 0 Å². The number of amides is 1. The Morgan fingerprint density at radius 1 is 0.667 bits per heavy atom. The predicted octanol–water partition coefficient (Wildman–Crippen LogP) is 6.05. The summed E-state index contributed by atoms with van der Waals surface area (Å²) < 4.78 is 11.1. The molecule has 0 bridgehead atoms. The van der Waals surface area contributed by atoms with Gasteiger partial charge < -0.3 is 40.3 Å². The number of ether oxygens (including phenoxy) is 2. The molecule has 0 saturated carbocycles. The van der Waals surface area contributed by atoms with Crippen molar-refractivity contribution in [2.24, 2.45) is 0 Å². The minimum Gasteiger partial charge on any atom is -0.394 e. The Morgan fingerprint density at radius 2 is 1.11 bits per heavy atom. The molecule has 7 unspecified atom stereocenters. The fourth-order valence-electron chi connectivity index (χ4n) is 6.10. The van der Waals surface area contributed by atoms with E-state index in [4.69, 9.17) is 9.47 Å². The molecular formula is C36H71NO8. The van der Waals surface area contributed by atoms with Crippen LogP contribution in [0.3, 0.4) is 0 Å². The second-order valence-electron chi connectivity index (χ2n) is 13.4. The van der Waals surface area contributed by atoms with E-state index in [1.807, 2.05) is 0 Å². The second-order valence-corrected chi connectivity index (χ2v) is 13.4. The van der Waals surface area contributed by atoms with Gasteiger partial charge in [0.1, 0.15) is 24.4 Å². The largest absolute Gasteiger partial charge is 0.394 e. The van der Waals surface area contributed by atoms with Crippen LogP contribution in [0.5, 0.6) is 0 Å². The molecule has 1 heterocycles. The molecule has 0 aromatic heterocycles. The van der Waals surface area contributed by atoms with Crippen molar-refractivity contribution in [3.05, 3.63) is 0 Å². The number of hydrogen-bond donors (Lipinski definition) is 6. The number of hydrogen-bond acceptors (Lipinski definition) is 8. The van der Waals surface area contributed by atoms with Crippen LogP contribution < -0.4 is 5.32 Å². The molecule has 268 valence electrons. The molecule has 6 N–H and O–H groups in total. The average molecular weight is 646 g/mol. The van der Waals surface area contributed by atoms with E-state index >= 15 is 0 Å². The van der Waals surface area contributed by atoms with E-state index in [9.17, 15) is 30.3 Å². The minimum atomic E-state index is -1.54. The van der Waals surface area contributed by atoms with Crippen molar-refractivity contribution in [2.75, 3.05) is 13.2 Å². The Hall–Kier alpha value is -0.810. The Morgan fingerprint density at radius 3 is 1.58 bits per heavy atom. The van der Waals surface area contributed by atoms with Gasteiger partial charge in [-0.15, -0.1) is 0 Å². The van der Waals surface area contributed by atoms with Gasteiger partial charge in [-0.3, -0.25) is 4.79 Å². The Kier molecular flexibility index (Phi) is 26.5. The molecule has 9 heteroatoms. The SMILES string of the molecule is CCCCCCCCCCCCCCCCCCC(O)C(COC1OC(CO)C(O)C(O)C1O)NC(=O)CCCCCCCC. The van der Waals surface area contributed by atoms with Gasteiger partial charge in [-0.05, 0) is 12.8 Å². The molecule has 1 saturated heterocycles. The Bertz CT molecular complexity index is 681. The van der Waals surface area contributed by atoms with Gasteiger partial charge in [0.2, 0.25) is 5.91 Å². The minimum absolute atomic E-state index is 0.134. The van der Waals surface area contributed by atoms with Gasteiger partial charge in [0.15, 0.2) is 6.29 Å². The zero-order chi connectivity index (χ0) is 33.1. The predicted molar refractivity (Wildman–Crippen MR) is 180 cm³/mol. The summed E-state index contributed by atoms with van der Waals surface area (Å²) in [5.74, 6) is -0.154. The molecule has 0 aromatic rings. The highest BCUT2D eigenvalue weighted by Crippen LogP contribution is 2.23. The maximum Gasteiger partial charge on any atom is 0.220 e. The Labute approximate surface area is 274 Å². The number of unbranched alkanes of at least 4 members (excludes halogenated alkanes) is 20. The van der Waals surface area contributed by atoms with Gasteiger partial charge in [0.25, 0.3) is 0 Å². The third-order valence-electron chi connectivity index (χ3n) is 9.21. The number of nitrogens with one attached hydrogen (secondary N) is 1. The van der Waals surface area contributed by atoms with Crippen molar-refractivity contribution in [3.8, 4) is 0 Å². The first kappa shape index (κ1) is 42.2. The summed E-state index contributed by atoms with van der Waals surface area (Å²) in [4.78, 5) is 12.7. The van der Waals surface area contributed by atoms with E-state index in [2.05, 4.69) is 19.2 Å². The van der Waals surface area contributed by atoms with Crippen molar-refractivity contribution in [1.82, 2.24) is 5.32 Å². The van der Waals surface area contributed by atoms with Crippen molar-refractivity contribution < 1.29 is 39.8 Å². The lowest BCUT2D eigenvalue weighted by molar-refractivity contribution is -0.302. The van der Waals surface area contributed by atoms with E-state index < -0.39 is 49.5 Å². The monoisotopic (exact) mass is 646 g/mol. The molecule has 1 amide bonds. The van der Waals surface area contributed by atoms with Crippen molar-refractivity contribution >= 4 is 5.91 Å². The van der Waals surface area contributed by atoms with Gasteiger partial charge in [0, 0.05) is 6.42 Å². The summed E-state index contributed by atoms with van der Waals surface area (Å²) in [5.41, 5.74) is 0. The van der Waals surface area contributed by atoms with Gasteiger partial charge in [-0.25, -0.2) is 0 Å². The number of rotatable bonds is 30. The highest BCUT2D eigenvalue weighted by molar-refractivity contribution is 5.76. The summed E-state index contributed by atoms with van der Waals surface area (Å²) in [7, 11) is 0. The Balaban J connectivity index is 2.35. The van der Waals surface area contributed by atoms with Crippen molar-refractivity contribution in [2.45, 2.75) is 211 Å². The maximum absolute atomic E-state index is 12.7. The van der Waals surface area contributed by atoms with E-state index in [1.165, 1.54) is 103 Å². The average Bonchev–Trinajstić information content (AvgIpc) is 3.04. The molecule has 0 aromatic carbocycles. The highest BCUT2D eigenvalue weighted by atomic mass is 16.7. The van der Waals surface area contributed by atoms with E-state index in [0.29, 0.717) is 12.8 Å². The van der Waals surface area contributed by atoms with Crippen LogP contribution in [0.15, 0.2) is 0 Å². The molecule has 0 spiro atoms. The smallest absolute Gasteiger partial charge is 0.220 e. The highest BCUT2D eigenvalue weighted by Gasteiger charge is 2.44. The fraction of sp³-hybridized carbons (Fsp3) is 0.972. The normalized spacial score (nSPS) is 23.2. The van der Waals surface area contributed by atoms with Crippen LogP contribution >= 0.6 is 0 Å². The molecule has 0 aliphatic carbocycles. The van der Waals surface area contributed by atoms with Crippen LogP contribution in [-0.2, 0) is 14.3 Å². The lowest BCUT2D eigenvalue weighted by Gasteiger charge is -2.40. The standard InChI is InChI=1S/C36H71NO8/c1-3-5-7-9-11-12-13-14-15-16-17-18-19-20-21-23-25-30(39)29(37-32(40)26-24-22-10-8-6-4-2)28-44-36-35(43)34(42)33(41)31(27-38)45-36/h29-31,33-36,38-39,41-43H,3-28H2,1-2H3,(H,37,40). The molecular weight excluding hydrogens is 574 g/mol. The van der Waals surface area contributed by atoms with Crippen LogP contribution in [-0.4, -0.2) is 87.5 Å². The molecule has 0 radical (unpaired) electrons. The quantitative estimate of drug-likeness (QED) is 0.0517. The fourth-order valence-corrected chi connectivity index (χ4v) is 6.10. The second kappa shape index (κ2) is 28.2. The van der Waals surface area contributed by atoms with E-state index in [0.717, 1.165) is 38.5 Å². The van der Waals surface area contributed by atoms with Crippen LogP contribution in [0.25, 0.3) is 0 Å². The summed E-state index contributed by atoms with van der Waals surface area (Å²) >= 11 is 0. The van der Waals surface area contributed by atoms with Crippen molar-refractivity contribution in [1.29, 1.82) is 0 Å². The summed E-state index contributed by atoms with van der Waals surface area (Å²) in [6.07, 6.45) is 19.9. The number of carbonyl (C=O) groups excluding carboxylic acids is 1. The third-order valence-corrected chi connectivity index (χ3v) is 9.21. The number of aliphatic hydroxyl groups excluding tert-OH is 5. The van der Waals surface area contributed by atoms with Crippen molar-refractivity contribution in [3.63, 3.8) is 0 Å². The van der Waals surface area contributed by atoms with Gasteiger partial charge in [-0.1, -0.05) is 149 Å². The van der Waals surface area contributed by atoms with Crippen LogP contribution in [0.2, 0.25) is 0 Å². The summed E-state index contributed by atoms with van der Waals surface area (Å²) in [6.45, 7) is 3.75. The maximum atomic E-state index is 12.7. The van der Waals surface area contributed by atoms with Gasteiger partial charge >= 0.3 is 0 Å². The first-order valence-corrected chi connectivity index (χ1v) is 18.7. The van der Waals surface area contributed by atoms with Gasteiger partial charge in [0.05, 0.1) is 25.4 Å². The molecule has 1 fully saturated rings. The summed E-state index contributed by atoms with van der Waals surface area (Å²) in [5, 5.41) is 53.8. The lowest BCUT2D eigenvalue weighted by Crippen LogP contribution is -2.60.